The van der Waals surface area contributed by atoms with Crippen LogP contribution in [-0.4, -0.2) is 50.7 Å². The molecule has 0 radical (unpaired) electrons. The van der Waals surface area contributed by atoms with Gasteiger partial charge in [0.25, 0.3) is 0 Å². The second-order valence-corrected chi connectivity index (χ2v) is 7.09. The predicted molar refractivity (Wildman–Crippen MR) is 107 cm³/mol. The number of nitrogens with zero attached hydrogens (tertiary/aromatic N) is 4. The summed E-state index contributed by atoms with van der Waals surface area (Å²) in [5.41, 5.74) is 0.541. The van der Waals surface area contributed by atoms with Crippen LogP contribution < -0.4 is 10.1 Å². The van der Waals surface area contributed by atoms with E-state index in [0.717, 1.165) is 11.8 Å². The quantitative estimate of drug-likeness (QED) is 0.451. The summed E-state index contributed by atoms with van der Waals surface area (Å²) in [6, 6.07) is 5.44. The molecule has 34 heavy (non-hydrogen) atoms. The third-order valence-corrected chi connectivity index (χ3v) is 4.33. The highest BCUT2D eigenvalue weighted by molar-refractivity contribution is 5.62. The average molecular weight is 491 g/mol. The Morgan fingerprint density at radius 1 is 1.12 bits per heavy atom. The first-order valence-corrected chi connectivity index (χ1v) is 9.59. The number of nitrogens with one attached hydrogen (secondary N) is 1. The predicted octanol–water partition coefficient (Wildman–Crippen LogP) is 4.40. The molecule has 0 aliphatic rings. The van der Waals surface area contributed by atoms with Gasteiger partial charge in [-0.15, -0.1) is 0 Å². The molecule has 14 heteroatoms. The van der Waals surface area contributed by atoms with Crippen LogP contribution in [-0.2, 0) is 11.3 Å². The number of ether oxygens (including phenoxy) is 2. The van der Waals surface area contributed by atoms with Crippen LogP contribution in [0.3, 0.4) is 0 Å². The summed E-state index contributed by atoms with van der Waals surface area (Å²) in [7, 11) is 1.42. The first kappa shape index (κ1) is 25.2. The Bertz CT molecular complexity index is 1130. The summed E-state index contributed by atoms with van der Waals surface area (Å²) in [6.07, 6.45) is -9.33. The van der Waals surface area contributed by atoms with Crippen molar-refractivity contribution in [2.45, 2.75) is 32.0 Å². The zero-order chi connectivity index (χ0) is 25.1. The SMILES string of the molecule is COc1cc(Nc2nc(COCC(F)(F)F)cc(C(O)C(F)(F)F)n2)ccc1-n1cnc(C)c1. The summed E-state index contributed by atoms with van der Waals surface area (Å²) in [5.74, 6) is -0.0118. The highest BCUT2D eigenvalue weighted by atomic mass is 19.4. The van der Waals surface area contributed by atoms with E-state index in [1.54, 1.807) is 36.1 Å². The molecule has 0 aliphatic carbocycles. The molecule has 184 valence electrons. The first-order valence-electron chi connectivity index (χ1n) is 9.59. The molecule has 0 spiro atoms. The maximum absolute atomic E-state index is 13.0. The first-order chi connectivity index (χ1) is 15.9. The van der Waals surface area contributed by atoms with Crippen molar-refractivity contribution in [2.75, 3.05) is 19.0 Å². The van der Waals surface area contributed by atoms with Gasteiger partial charge in [0.1, 0.15) is 12.4 Å². The van der Waals surface area contributed by atoms with Crippen LogP contribution in [0.15, 0.2) is 36.8 Å². The van der Waals surface area contributed by atoms with Gasteiger partial charge in [0.05, 0.1) is 42.8 Å². The van der Waals surface area contributed by atoms with Gasteiger partial charge in [0.2, 0.25) is 5.95 Å². The molecule has 2 aromatic heterocycles. The van der Waals surface area contributed by atoms with Crippen molar-refractivity contribution in [3.63, 3.8) is 0 Å². The maximum Gasteiger partial charge on any atom is 0.420 e. The molecule has 0 amide bonds. The number of aromatic nitrogens is 4. The fourth-order valence-electron chi connectivity index (χ4n) is 2.88. The van der Waals surface area contributed by atoms with E-state index in [9.17, 15) is 31.4 Å². The number of hydrogen-bond donors (Lipinski definition) is 2. The summed E-state index contributed by atoms with van der Waals surface area (Å²) in [4.78, 5) is 11.7. The lowest BCUT2D eigenvalue weighted by Crippen LogP contribution is -2.22. The molecular formula is C20H19F6N5O3. The Morgan fingerprint density at radius 3 is 2.44 bits per heavy atom. The van der Waals surface area contributed by atoms with Gasteiger partial charge in [-0.05, 0) is 25.1 Å². The molecule has 2 heterocycles. The van der Waals surface area contributed by atoms with Crippen LogP contribution in [0.2, 0.25) is 0 Å². The molecule has 1 aromatic carbocycles. The molecule has 0 saturated heterocycles. The molecule has 0 bridgehead atoms. The standard InChI is InChI=1S/C20H19F6N5O3/c1-11-7-31(10-27-11)15-4-3-12(6-16(15)33-2)28-18-29-13(8-34-9-19(21,22)23)5-14(30-18)17(32)20(24,25)26/h3-7,10,17,32H,8-9H2,1-2H3,(H,28,29,30). The Balaban J connectivity index is 1.90. The fraction of sp³-hybridized carbons (Fsp3) is 0.350. The van der Waals surface area contributed by atoms with Gasteiger partial charge < -0.3 is 24.5 Å². The lowest BCUT2D eigenvalue weighted by atomic mass is 10.2. The Kier molecular flexibility index (Phi) is 7.31. The zero-order valence-electron chi connectivity index (χ0n) is 17.8. The molecule has 8 nitrogen and oxygen atoms in total. The number of hydrogen-bond acceptors (Lipinski definition) is 7. The zero-order valence-corrected chi connectivity index (χ0v) is 17.8. The molecule has 2 N–H and O–H groups in total. The largest absolute Gasteiger partial charge is 0.494 e. The minimum Gasteiger partial charge on any atom is -0.494 e. The van der Waals surface area contributed by atoms with E-state index < -0.39 is 37.4 Å². The summed E-state index contributed by atoms with van der Waals surface area (Å²) in [5, 5.41) is 12.3. The molecule has 0 aliphatic heterocycles. The highest BCUT2D eigenvalue weighted by Crippen LogP contribution is 2.33. The molecule has 0 fully saturated rings. The minimum atomic E-state index is -5.05. The van der Waals surface area contributed by atoms with E-state index in [1.807, 2.05) is 0 Å². The van der Waals surface area contributed by atoms with Crippen molar-refractivity contribution >= 4 is 11.6 Å². The van der Waals surface area contributed by atoms with Crippen molar-refractivity contribution in [1.82, 2.24) is 19.5 Å². The van der Waals surface area contributed by atoms with Gasteiger partial charge >= 0.3 is 12.4 Å². The van der Waals surface area contributed by atoms with E-state index in [4.69, 9.17) is 4.74 Å². The van der Waals surface area contributed by atoms with Crippen LogP contribution in [0.4, 0.5) is 38.0 Å². The lowest BCUT2D eigenvalue weighted by Gasteiger charge is -2.17. The van der Waals surface area contributed by atoms with Crippen molar-refractivity contribution in [2.24, 2.45) is 0 Å². The van der Waals surface area contributed by atoms with Gasteiger partial charge in [0.15, 0.2) is 6.10 Å². The number of alkyl halides is 6. The number of aliphatic hydroxyl groups is 1. The van der Waals surface area contributed by atoms with Gasteiger partial charge in [-0.25, -0.2) is 15.0 Å². The summed E-state index contributed by atoms with van der Waals surface area (Å²) < 4.78 is 87.6. The molecule has 1 unspecified atom stereocenters. The smallest absolute Gasteiger partial charge is 0.420 e. The lowest BCUT2D eigenvalue weighted by molar-refractivity contribution is -0.208. The number of aliphatic hydroxyl groups excluding tert-OH is 1. The Hall–Kier alpha value is -3.39. The number of aryl methyl sites for hydroxylation is 1. The van der Waals surface area contributed by atoms with Crippen molar-refractivity contribution in [1.29, 1.82) is 0 Å². The van der Waals surface area contributed by atoms with E-state index in [2.05, 4.69) is 25.0 Å². The molecular weight excluding hydrogens is 472 g/mol. The van der Waals surface area contributed by atoms with Gasteiger partial charge in [-0.2, -0.15) is 26.3 Å². The monoisotopic (exact) mass is 491 g/mol. The number of imidazole rings is 1. The van der Waals surface area contributed by atoms with Crippen LogP contribution in [0, 0.1) is 6.92 Å². The Morgan fingerprint density at radius 2 is 1.85 bits per heavy atom. The third kappa shape index (κ3) is 6.57. The fourth-order valence-corrected chi connectivity index (χ4v) is 2.88. The summed E-state index contributed by atoms with van der Waals surface area (Å²) >= 11 is 0. The average Bonchev–Trinajstić information content (AvgIpc) is 3.17. The van der Waals surface area contributed by atoms with Gasteiger partial charge in [-0.3, -0.25) is 0 Å². The topological polar surface area (TPSA) is 94.3 Å². The van der Waals surface area contributed by atoms with Crippen LogP contribution in [0.5, 0.6) is 5.75 Å². The molecule has 1 atom stereocenters. The highest BCUT2D eigenvalue weighted by Gasteiger charge is 2.41. The second kappa shape index (κ2) is 9.85. The number of anilines is 2. The number of methoxy groups -OCH3 is 1. The van der Waals surface area contributed by atoms with E-state index in [0.29, 0.717) is 17.1 Å². The van der Waals surface area contributed by atoms with Crippen molar-refractivity contribution in [3.8, 4) is 11.4 Å². The molecule has 3 rings (SSSR count). The van der Waals surface area contributed by atoms with Crippen LogP contribution in [0.25, 0.3) is 5.69 Å². The number of halogens is 6. The maximum atomic E-state index is 13.0. The van der Waals surface area contributed by atoms with Crippen LogP contribution in [0.1, 0.15) is 23.2 Å². The van der Waals surface area contributed by atoms with Crippen molar-refractivity contribution < 1.29 is 40.9 Å². The minimum absolute atomic E-state index is 0.294. The van der Waals surface area contributed by atoms with E-state index in [-0.39, 0.29) is 11.6 Å². The number of benzene rings is 1. The summed E-state index contributed by atoms with van der Waals surface area (Å²) in [6.45, 7) is -0.575. The van der Waals surface area contributed by atoms with Gasteiger partial charge in [0, 0.05) is 18.0 Å². The third-order valence-electron chi connectivity index (χ3n) is 4.33. The van der Waals surface area contributed by atoms with Crippen molar-refractivity contribution in [3.05, 3.63) is 53.9 Å². The Labute approximate surface area is 189 Å². The number of rotatable bonds is 8. The molecule has 0 saturated carbocycles. The van der Waals surface area contributed by atoms with Crippen LogP contribution >= 0.6 is 0 Å². The van der Waals surface area contributed by atoms with E-state index >= 15 is 0 Å². The van der Waals surface area contributed by atoms with Gasteiger partial charge in [-0.1, -0.05) is 0 Å². The second-order valence-electron chi connectivity index (χ2n) is 7.09. The molecule has 3 aromatic rings. The van der Waals surface area contributed by atoms with E-state index in [1.165, 1.54) is 13.2 Å². The normalized spacial score (nSPS) is 13.1.